The van der Waals surface area contributed by atoms with Gasteiger partial charge in [-0.15, -0.1) is 0 Å². The molecule has 1 aromatic carbocycles. The van der Waals surface area contributed by atoms with Crippen LogP contribution in [0, 0.1) is 0 Å². The number of ether oxygens (including phenoxy) is 1. The van der Waals surface area contributed by atoms with Crippen LogP contribution < -0.4 is 0 Å². The smallest absolute Gasteiger partial charge is 0.205 e. The molecule has 0 aromatic heterocycles. The first kappa shape index (κ1) is 9.81. The molecule has 2 aliphatic rings. The molecule has 0 saturated heterocycles. The van der Waals surface area contributed by atoms with E-state index in [9.17, 15) is 8.42 Å². The summed E-state index contributed by atoms with van der Waals surface area (Å²) in [6.45, 7) is 0. The molecule has 0 spiro atoms. The number of sulfone groups is 1. The van der Waals surface area contributed by atoms with Crippen LogP contribution in [-0.2, 0) is 14.6 Å². The Hall–Kier alpha value is -1.39. The molecule has 0 amide bonds. The minimum Gasteiger partial charge on any atom is -0.357 e. The van der Waals surface area contributed by atoms with E-state index in [0.717, 1.165) is 0 Å². The molecule has 3 rings (SSSR count). The lowest BCUT2D eigenvalue weighted by atomic mass is 10.2. The van der Waals surface area contributed by atoms with Crippen molar-refractivity contribution in [1.29, 1.82) is 0 Å². The third kappa shape index (κ3) is 1.34. The van der Waals surface area contributed by atoms with Gasteiger partial charge in [0.05, 0.1) is 15.9 Å². The van der Waals surface area contributed by atoms with Crippen LogP contribution >= 0.6 is 0 Å². The molecule has 2 heterocycles. The largest absolute Gasteiger partial charge is 0.357 e. The van der Waals surface area contributed by atoms with Gasteiger partial charge in [0, 0.05) is 0 Å². The van der Waals surface area contributed by atoms with Crippen molar-refractivity contribution in [3.63, 3.8) is 0 Å². The highest BCUT2D eigenvalue weighted by Gasteiger charge is 2.37. The number of benzene rings is 1. The van der Waals surface area contributed by atoms with E-state index in [-0.39, 0.29) is 6.10 Å². The van der Waals surface area contributed by atoms with E-state index in [1.165, 1.54) is 0 Å². The molecule has 0 fully saturated rings. The maximum atomic E-state index is 12.2. The first-order chi connectivity index (χ1) is 7.68. The highest BCUT2D eigenvalue weighted by atomic mass is 32.2. The summed E-state index contributed by atoms with van der Waals surface area (Å²) >= 11 is 0. The van der Waals surface area contributed by atoms with Gasteiger partial charge in [0.2, 0.25) is 9.84 Å². The minimum absolute atomic E-state index is 0.168. The average Bonchev–Trinajstić information content (AvgIpc) is 2.92. The molecule has 16 heavy (non-hydrogen) atoms. The zero-order valence-corrected chi connectivity index (χ0v) is 9.22. The molecule has 2 atom stereocenters. The standard InChI is InChI=1S/C12H10O3S/c13-16(14,10-4-2-1-3-5-10)12-8-9-6-7-11(12)15-9/h1-9,11H/t9-,11+/m1/s1. The van der Waals surface area contributed by atoms with Crippen LogP contribution in [-0.4, -0.2) is 20.6 Å². The van der Waals surface area contributed by atoms with Gasteiger partial charge in [-0.1, -0.05) is 30.4 Å². The summed E-state index contributed by atoms with van der Waals surface area (Å²) in [6.07, 6.45) is 4.77. The first-order valence-corrected chi connectivity index (χ1v) is 6.52. The van der Waals surface area contributed by atoms with Crippen molar-refractivity contribution < 1.29 is 13.2 Å². The predicted octanol–water partition coefficient (Wildman–Crippen LogP) is 1.68. The highest BCUT2D eigenvalue weighted by molar-refractivity contribution is 7.95. The lowest BCUT2D eigenvalue weighted by Gasteiger charge is -2.09. The van der Waals surface area contributed by atoms with Gasteiger partial charge in [0.15, 0.2) is 0 Å². The molecular weight excluding hydrogens is 224 g/mol. The molecule has 0 radical (unpaired) electrons. The van der Waals surface area contributed by atoms with E-state index in [4.69, 9.17) is 4.74 Å². The quantitative estimate of drug-likeness (QED) is 0.731. The van der Waals surface area contributed by atoms with Crippen LogP contribution in [0.4, 0.5) is 0 Å². The summed E-state index contributed by atoms with van der Waals surface area (Å²) < 4.78 is 29.9. The molecule has 2 bridgehead atoms. The molecule has 0 aliphatic carbocycles. The molecule has 3 nitrogen and oxygen atoms in total. The molecule has 82 valence electrons. The maximum Gasteiger partial charge on any atom is 0.205 e. The van der Waals surface area contributed by atoms with Crippen LogP contribution in [0.25, 0.3) is 0 Å². The van der Waals surface area contributed by atoms with Crippen molar-refractivity contribution in [2.75, 3.05) is 0 Å². The van der Waals surface area contributed by atoms with Gasteiger partial charge in [-0.2, -0.15) is 0 Å². The summed E-state index contributed by atoms with van der Waals surface area (Å²) in [7, 11) is -3.38. The maximum absolute atomic E-state index is 12.2. The van der Waals surface area contributed by atoms with Gasteiger partial charge in [-0.05, 0) is 18.2 Å². The number of rotatable bonds is 2. The molecule has 4 heteroatoms. The predicted molar refractivity (Wildman–Crippen MR) is 59.5 cm³/mol. The monoisotopic (exact) mass is 234 g/mol. The van der Waals surface area contributed by atoms with Crippen LogP contribution in [0.3, 0.4) is 0 Å². The average molecular weight is 234 g/mol. The zero-order valence-electron chi connectivity index (χ0n) is 8.41. The molecule has 0 saturated carbocycles. The summed E-state index contributed by atoms with van der Waals surface area (Å²) in [4.78, 5) is 0.692. The van der Waals surface area contributed by atoms with Crippen LogP contribution in [0.15, 0.2) is 58.4 Å². The van der Waals surface area contributed by atoms with Crippen LogP contribution in [0.5, 0.6) is 0 Å². The van der Waals surface area contributed by atoms with Crippen molar-refractivity contribution in [3.8, 4) is 0 Å². The fourth-order valence-electron chi connectivity index (χ4n) is 1.96. The summed E-state index contributed by atoms with van der Waals surface area (Å²) in [5, 5.41) is 0. The van der Waals surface area contributed by atoms with E-state index < -0.39 is 15.9 Å². The molecule has 0 N–H and O–H groups in total. The second kappa shape index (κ2) is 3.30. The lowest BCUT2D eigenvalue weighted by molar-refractivity contribution is 0.134. The Labute approximate surface area is 94.0 Å². The first-order valence-electron chi connectivity index (χ1n) is 5.03. The number of hydrogen-bond donors (Lipinski definition) is 0. The van der Waals surface area contributed by atoms with Gasteiger partial charge in [-0.25, -0.2) is 8.42 Å². The van der Waals surface area contributed by atoms with Crippen molar-refractivity contribution in [1.82, 2.24) is 0 Å². The number of hydrogen-bond acceptors (Lipinski definition) is 3. The van der Waals surface area contributed by atoms with E-state index in [2.05, 4.69) is 0 Å². The van der Waals surface area contributed by atoms with Gasteiger partial charge in [0.1, 0.15) is 6.10 Å². The molecule has 2 aliphatic heterocycles. The highest BCUT2D eigenvalue weighted by Crippen LogP contribution is 2.34. The third-order valence-electron chi connectivity index (χ3n) is 2.75. The second-order valence-corrected chi connectivity index (χ2v) is 5.74. The van der Waals surface area contributed by atoms with E-state index in [1.807, 2.05) is 6.08 Å². The van der Waals surface area contributed by atoms with Crippen molar-refractivity contribution in [2.45, 2.75) is 17.1 Å². The summed E-state index contributed by atoms with van der Waals surface area (Å²) in [6, 6.07) is 8.44. The molecular formula is C12H10O3S. The van der Waals surface area contributed by atoms with Crippen molar-refractivity contribution >= 4 is 9.84 Å². The van der Waals surface area contributed by atoms with E-state index in [0.29, 0.717) is 9.80 Å². The second-order valence-electron chi connectivity index (χ2n) is 3.79. The Kier molecular flexibility index (Phi) is 2.02. The zero-order chi connectivity index (χ0) is 11.2. The van der Waals surface area contributed by atoms with Gasteiger partial charge in [0.25, 0.3) is 0 Å². The number of fused-ring (bicyclic) bond motifs is 2. The Morgan fingerprint density at radius 2 is 1.81 bits per heavy atom. The SMILES string of the molecule is O=S(=O)(C1=C[C@H]2C=C[C@@H]1O2)c1ccccc1. The van der Waals surface area contributed by atoms with E-state index in [1.54, 1.807) is 42.5 Å². The van der Waals surface area contributed by atoms with Gasteiger partial charge in [-0.3, -0.25) is 0 Å². The Morgan fingerprint density at radius 1 is 1.06 bits per heavy atom. The van der Waals surface area contributed by atoms with Crippen LogP contribution in [0.2, 0.25) is 0 Å². The summed E-state index contributed by atoms with van der Waals surface area (Å²) in [5.74, 6) is 0. The van der Waals surface area contributed by atoms with Gasteiger partial charge >= 0.3 is 0 Å². The lowest BCUT2D eigenvalue weighted by Crippen LogP contribution is -2.14. The molecule has 1 aromatic rings. The minimum atomic E-state index is -3.38. The summed E-state index contributed by atoms with van der Waals surface area (Å²) in [5.41, 5.74) is 0. The van der Waals surface area contributed by atoms with Crippen LogP contribution in [0.1, 0.15) is 0 Å². The Morgan fingerprint density at radius 3 is 2.38 bits per heavy atom. The normalized spacial score (nSPS) is 27.1. The van der Waals surface area contributed by atoms with Crippen molar-refractivity contribution in [2.24, 2.45) is 0 Å². The third-order valence-corrected chi connectivity index (χ3v) is 4.63. The van der Waals surface area contributed by atoms with Gasteiger partial charge < -0.3 is 4.74 Å². The van der Waals surface area contributed by atoms with Crippen molar-refractivity contribution in [3.05, 3.63) is 53.5 Å². The Bertz CT molecular complexity index is 570. The fraction of sp³-hybridized carbons (Fsp3) is 0.167. The molecule has 0 unspecified atom stereocenters. The topological polar surface area (TPSA) is 43.4 Å². The Balaban J connectivity index is 2.05. The fourth-order valence-corrected chi connectivity index (χ4v) is 3.50. The van der Waals surface area contributed by atoms with E-state index >= 15 is 0 Å².